The normalized spacial score (nSPS) is 25.5. The van der Waals surface area contributed by atoms with Crippen LogP contribution in [-0.2, 0) is 23.2 Å². The fraction of sp³-hybridized carbons (Fsp3) is 0.292. The van der Waals surface area contributed by atoms with Gasteiger partial charge in [-0.3, -0.25) is 4.79 Å². The summed E-state index contributed by atoms with van der Waals surface area (Å²) in [5.74, 6) is 0.186. The summed E-state index contributed by atoms with van der Waals surface area (Å²) in [6, 6.07) is 20.8. The van der Waals surface area contributed by atoms with E-state index in [9.17, 15) is 9.90 Å². The number of carboxylic acid groups (broad SMARTS) is 1. The van der Waals surface area contributed by atoms with Gasteiger partial charge in [0.1, 0.15) is 12.4 Å². The van der Waals surface area contributed by atoms with Crippen molar-refractivity contribution in [1.29, 1.82) is 0 Å². The van der Waals surface area contributed by atoms with Gasteiger partial charge in [0, 0.05) is 5.41 Å². The van der Waals surface area contributed by atoms with Gasteiger partial charge in [-0.1, -0.05) is 55.5 Å². The Morgan fingerprint density at radius 3 is 2.78 bits per heavy atom. The highest BCUT2D eigenvalue weighted by atomic mass is 16.5. The van der Waals surface area contributed by atoms with Crippen LogP contribution in [0.1, 0.15) is 30.0 Å². The Bertz CT molecular complexity index is 1050. The second-order valence-electron chi connectivity index (χ2n) is 7.89. The van der Waals surface area contributed by atoms with Crippen LogP contribution < -0.4 is 4.74 Å². The minimum atomic E-state index is -0.661. The third kappa shape index (κ3) is 2.38. The van der Waals surface area contributed by atoms with Gasteiger partial charge in [0.2, 0.25) is 0 Å². The van der Waals surface area contributed by atoms with E-state index >= 15 is 0 Å². The molecule has 0 saturated heterocycles. The third-order valence-electron chi connectivity index (χ3n) is 6.68. The molecule has 3 atom stereocenters. The first kappa shape index (κ1) is 16.4. The van der Waals surface area contributed by atoms with Crippen LogP contribution >= 0.6 is 0 Å². The summed E-state index contributed by atoms with van der Waals surface area (Å²) >= 11 is 0. The summed E-state index contributed by atoms with van der Waals surface area (Å²) < 4.78 is 6.10. The summed E-state index contributed by atoms with van der Waals surface area (Å²) in [7, 11) is 0. The quantitative estimate of drug-likeness (QED) is 0.717. The summed E-state index contributed by atoms with van der Waals surface area (Å²) in [6.07, 6.45) is 1.88. The summed E-state index contributed by atoms with van der Waals surface area (Å²) in [5, 5.41) is 11.9. The Labute approximate surface area is 158 Å². The molecule has 0 amide bonds. The van der Waals surface area contributed by atoms with Crippen LogP contribution in [0.5, 0.6) is 5.75 Å². The zero-order valence-electron chi connectivity index (χ0n) is 15.3. The standard InChI is InChI=1S/C24H22O3/c1-15-22(23(25)26)24(15)12-11-17-13-19(9-10-21(17)24)27-14-18-7-4-6-16-5-2-3-8-20(16)18/h2-10,13,15,22H,11-12,14H2,1H3,(H,25,26)/t15-,22?,24?/m0/s1. The lowest BCUT2D eigenvalue weighted by atomic mass is 9.94. The molecule has 3 aromatic carbocycles. The van der Waals surface area contributed by atoms with E-state index in [1.54, 1.807) is 0 Å². The van der Waals surface area contributed by atoms with E-state index in [1.165, 1.54) is 27.5 Å². The second-order valence-corrected chi connectivity index (χ2v) is 7.89. The van der Waals surface area contributed by atoms with Crippen LogP contribution in [0.15, 0.2) is 60.7 Å². The van der Waals surface area contributed by atoms with Crippen molar-refractivity contribution in [1.82, 2.24) is 0 Å². The highest BCUT2D eigenvalue weighted by molar-refractivity contribution is 5.85. The number of aliphatic carboxylic acids is 1. The van der Waals surface area contributed by atoms with Crippen molar-refractivity contribution in [2.75, 3.05) is 0 Å². The monoisotopic (exact) mass is 358 g/mol. The summed E-state index contributed by atoms with van der Waals surface area (Å²) in [5.41, 5.74) is 3.50. The average Bonchev–Trinajstić information content (AvgIpc) is 3.10. The second kappa shape index (κ2) is 5.85. The molecule has 0 aromatic heterocycles. The van der Waals surface area contributed by atoms with Gasteiger partial charge in [-0.25, -0.2) is 0 Å². The maximum Gasteiger partial charge on any atom is 0.307 e. The maximum absolute atomic E-state index is 11.6. The predicted molar refractivity (Wildman–Crippen MR) is 105 cm³/mol. The molecule has 5 rings (SSSR count). The molecule has 3 aromatic rings. The molecule has 3 heteroatoms. The maximum atomic E-state index is 11.6. The van der Waals surface area contributed by atoms with E-state index in [4.69, 9.17) is 4.74 Å². The van der Waals surface area contributed by atoms with Crippen molar-refractivity contribution in [3.05, 3.63) is 77.4 Å². The van der Waals surface area contributed by atoms with Crippen LogP contribution in [0.25, 0.3) is 10.8 Å². The summed E-state index contributed by atoms with van der Waals surface area (Å²) in [4.78, 5) is 11.6. The largest absolute Gasteiger partial charge is 0.489 e. The third-order valence-corrected chi connectivity index (χ3v) is 6.68. The molecular formula is C24H22O3. The molecule has 2 aliphatic rings. The van der Waals surface area contributed by atoms with Gasteiger partial charge in [0.05, 0.1) is 5.92 Å². The number of ether oxygens (including phenoxy) is 1. The van der Waals surface area contributed by atoms with Crippen LogP contribution in [0.3, 0.4) is 0 Å². The van der Waals surface area contributed by atoms with Crippen molar-refractivity contribution in [2.45, 2.75) is 31.8 Å². The molecule has 2 aliphatic carbocycles. The van der Waals surface area contributed by atoms with Gasteiger partial charge < -0.3 is 9.84 Å². The minimum absolute atomic E-state index is 0.144. The van der Waals surface area contributed by atoms with Gasteiger partial charge in [0.25, 0.3) is 0 Å². The van der Waals surface area contributed by atoms with Crippen LogP contribution in [0.2, 0.25) is 0 Å². The Hall–Kier alpha value is -2.81. The van der Waals surface area contributed by atoms with E-state index in [0.717, 1.165) is 18.6 Å². The Balaban J connectivity index is 1.38. The molecule has 1 spiro atoms. The van der Waals surface area contributed by atoms with E-state index < -0.39 is 5.97 Å². The molecule has 0 heterocycles. The molecule has 0 radical (unpaired) electrons. The number of hydrogen-bond acceptors (Lipinski definition) is 2. The van der Waals surface area contributed by atoms with Crippen molar-refractivity contribution in [3.63, 3.8) is 0 Å². The average molecular weight is 358 g/mol. The van der Waals surface area contributed by atoms with Crippen molar-refractivity contribution in [2.24, 2.45) is 11.8 Å². The van der Waals surface area contributed by atoms with Gasteiger partial charge >= 0.3 is 5.97 Å². The minimum Gasteiger partial charge on any atom is -0.489 e. The molecule has 1 N–H and O–H groups in total. The lowest BCUT2D eigenvalue weighted by molar-refractivity contribution is -0.139. The predicted octanol–water partition coefficient (Wildman–Crippen LogP) is 4.95. The number of aryl methyl sites for hydroxylation is 1. The van der Waals surface area contributed by atoms with Gasteiger partial charge in [-0.2, -0.15) is 0 Å². The SMILES string of the molecule is C[C@H]1C(C(=O)O)C12CCc1cc(OCc3cccc4ccccc34)ccc12. The van der Waals surface area contributed by atoms with E-state index in [2.05, 4.69) is 55.5 Å². The van der Waals surface area contributed by atoms with E-state index in [0.29, 0.717) is 6.61 Å². The van der Waals surface area contributed by atoms with Crippen LogP contribution in [-0.4, -0.2) is 11.1 Å². The highest BCUT2D eigenvalue weighted by Crippen LogP contribution is 2.66. The molecular weight excluding hydrogens is 336 g/mol. The van der Waals surface area contributed by atoms with Gasteiger partial charge in [-0.05, 0) is 58.4 Å². The molecule has 136 valence electrons. The van der Waals surface area contributed by atoms with Crippen molar-refractivity contribution < 1.29 is 14.6 Å². The fourth-order valence-electron chi connectivity index (χ4n) is 5.24. The molecule has 27 heavy (non-hydrogen) atoms. The first-order valence-corrected chi connectivity index (χ1v) is 9.57. The number of hydrogen-bond donors (Lipinski definition) is 1. The summed E-state index contributed by atoms with van der Waals surface area (Å²) in [6.45, 7) is 2.60. The van der Waals surface area contributed by atoms with E-state index in [1.807, 2.05) is 12.1 Å². The number of carbonyl (C=O) groups is 1. The Kier molecular flexibility index (Phi) is 3.55. The Morgan fingerprint density at radius 1 is 1.15 bits per heavy atom. The molecule has 1 fully saturated rings. The zero-order valence-corrected chi connectivity index (χ0v) is 15.3. The number of fused-ring (bicyclic) bond motifs is 3. The molecule has 0 bridgehead atoms. The molecule has 1 saturated carbocycles. The van der Waals surface area contributed by atoms with Crippen molar-refractivity contribution in [3.8, 4) is 5.75 Å². The topological polar surface area (TPSA) is 46.5 Å². The van der Waals surface area contributed by atoms with E-state index in [-0.39, 0.29) is 17.3 Å². The molecule has 3 nitrogen and oxygen atoms in total. The number of benzene rings is 3. The number of rotatable bonds is 4. The van der Waals surface area contributed by atoms with Crippen LogP contribution in [0, 0.1) is 11.8 Å². The lowest BCUT2D eigenvalue weighted by Gasteiger charge is -2.13. The van der Waals surface area contributed by atoms with Gasteiger partial charge in [0.15, 0.2) is 0 Å². The lowest BCUT2D eigenvalue weighted by Crippen LogP contribution is -2.11. The van der Waals surface area contributed by atoms with Crippen molar-refractivity contribution >= 4 is 16.7 Å². The first-order chi connectivity index (χ1) is 13.1. The zero-order chi connectivity index (χ0) is 18.6. The Morgan fingerprint density at radius 2 is 1.96 bits per heavy atom. The smallest absolute Gasteiger partial charge is 0.307 e. The first-order valence-electron chi connectivity index (χ1n) is 9.57. The molecule has 0 aliphatic heterocycles. The fourth-order valence-corrected chi connectivity index (χ4v) is 5.24. The number of carboxylic acids is 1. The van der Waals surface area contributed by atoms with Crippen LogP contribution in [0.4, 0.5) is 0 Å². The van der Waals surface area contributed by atoms with Gasteiger partial charge in [-0.15, -0.1) is 0 Å². The molecule has 2 unspecified atom stereocenters. The highest BCUT2D eigenvalue weighted by Gasteiger charge is 2.68.